The van der Waals surface area contributed by atoms with E-state index in [1.165, 1.54) is 12.0 Å². The standard InChI is InChI=1S/C25H21N3O5/c1-31-19-5-3-2-4-18(19)22-23(27-17-6-7-20-21(14-17)33-13-12-32-20)25(30)28(24(22)29)15-16-8-10-26-11-9-16/h2-11,14,27H,12-13,15H2,1H3. The maximum Gasteiger partial charge on any atom is 0.278 e. The molecular weight excluding hydrogens is 422 g/mol. The van der Waals surface area contributed by atoms with Crippen LogP contribution in [0.15, 0.2) is 72.7 Å². The molecule has 33 heavy (non-hydrogen) atoms. The lowest BCUT2D eigenvalue weighted by Gasteiger charge is -2.19. The third-order valence-electron chi connectivity index (χ3n) is 5.45. The number of hydrogen-bond acceptors (Lipinski definition) is 7. The average molecular weight is 443 g/mol. The molecule has 0 bridgehead atoms. The smallest absolute Gasteiger partial charge is 0.278 e. The zero-order chi connectivity index (χ0) is 22.8. The summed E-state index contributed by atoms with van der Waals surface area (Å²) in [6.45, 7) is 1.06. The molecule has 0 saturated heterocycles. The highest BCUT2D eigenvalue weighted by Gasteiger charge is 2.40. The molecule has 0 unspecified atom stereocenters. The molecule has 0 spiro atoms. The molecule has 0 fully saturated rings. The first-order chi connectivity index (χ1) is 16.2. The fourth-order valence-corrected chi connectivity index (χ4v) is 3.87. The van der Waals surface area contributed by atoms with E-state index >= 15 is 0 Å². The van der Waals surface area contributed by atoms with Crippen LogP contribution in [0.4, 0.5) is 5.69 Å². The second kappa shape index (κ2) is 8.66. The molecule has 2 amide bonds. The van der Waals surface area contributed by atoms with Crippen LogP contribution < -0.4 is 19.5 Å². The summed E-state index contributed by atoms with van der Waals surface area (Å²) in [5, 5.41) is 3.15. The van der Waals surface area contributed by atoms with Crippen molar-refractivity contribution in [2.45, 2.75) is 6.54 Å². The number of carbonyl (C=O) groups is 2. The van der Waals surface area contributed by atoms with Crippen LogP contribution in [0.1, 0.15) is 11.1 Å². The predicted molar refractivity (Wildman–Crippen MR) is 121 cm³/mol. The van der Waals surface area contributed by atoms with Crippen LogP contribution in [0.25, 0.3) is 5.57 Å². The van der Waals surface area contributed by atoms with E-state index in [0.717, 1.165) is 5.56 Å². The Morgan fingerprint density at radius 1 is 0.970 bits per heavy atom. The summed E-state index contributed by atoms with van der Waals surface area (Å²) < 4.78 is 16.7. The SMILES string of the molecule is COc1ccccc1C1=C(Nc2ccc3c(c2)OCCO3)C(=O)N(Cc2ccncc2)C1=O. The maximum atomic E-state index is 13.5. The van der Waals surface area contributed by atoms with Crippen LogP contribution in [0.2, 0.25) is 0 Å². The van der Waals surface area contributed by atoms with Crippen molar-refractivity contribution in [2.24, 2.45) is 0 Å². The van der Waals surface area contributed by atoms with Crippen molar-refractivity contribution in [1.29, 1.82) is 0 Å². The van der Waals surface area contributed by atoms with E-state index in [1.54, 1.807) is 60.9 Å². The lowest BCUT2D eigenvalue weighted by Crippen LogP contribution is -2.32. The molecule has 1 aromatic heterocycles. The number of methoxy groups -OCH3 is 1. The number of nitrogens with one attached hydrogen (secondary N) is 1. The molecule has 0 saturated carbocycles. The number of benzene rings is 2. The van der Waals surface area contributed by atoms with Crippen molar-refractivity contribution in [2.75, 3.05) is 25.6 Å². The number of rotatable bonds is 6. The van der Waals surface area contributed by atoms with Gasteiger partial charge in [0.25, 0.3) is 11.8 Å². The third-order valence-corrected chi connectivity index (χ3v) is 5.45. The number of pyridine rings is 1. The first kappa shape index (κ1) is 20.6. The van der Waals surface area contributed by atoms with Gasteiger partial charge in [-0.1, -0.05) is 18.2 Å². The summed E-state index contributed by atoms with van der Waals surface area (Å²) in [5.74, 6) is 0.893. The number of amides is 2. The number of imide groups is 1. The lowest BCUT2D eigenvalue weighted by atomic mass is 10.0. The Labute approximate surface area is 190 Å². The van der Waals surface area contributed by atoms with Crippen molar-refractivity contribution in [3.05, 3.63) is 83.8 Å². The summed E-state index contributed by atoms with van der Waals surface area (Å²) in [7, 11) is 1.53. The monoisotopic (exact) mass is 443 g/mol. The van der Waals surface area contributed by atoms with E-state index in [9.17, 15) is 9.59 Å². The molecular formula is C25H21N3O5. The molecule has 0 radical (unpaired) electrons. The summed E-state index contributed by atoms with van der Waals surface area (Å²) in [5.41, 5.74) is 2.37. The van der Waals surface area contributed by atoms with Gasteiger partial charge < -0.3 is 19.5 Å². The second-order valence-electron chi connectivity index (χ2n) is 7.49. The number of carbonyl (C=O) groups excluding carboxylic acids is 2. The number of anilines is 1. The molecule has 2 aliphatic rings. The van der Waals surface area contributed by atoms with Crippen molar-refractivity contribution < 1.29 is 23.8 Å². The molecule has 8 heteroatoms. The van der Waals surface area contributed by atoms with Gasteiger partial charge in [-0.15, -0.1) is 0 Å². The Morgan fingerprint density at radius 2 is 1.73 bits per heavy atom. The molecule has 2 aliphatic heterocycles. The normalized spacial score (nSPS) is 15.1. The molecule has 8 nitrogen and oxygen atoms in total. The number of hydrogen-bond donors (Lipinski definition) is 1. The Bertz CT molecular complexity index is 1260. The van der Waals surface area contributed by atoms with Gasteiger partial charge in [-0.25, -0.2) is 0 Å². The molecule has 0 aliphatic carbocycles. The Balaban J connectivity index is 1.56. The molecule has 0 atom stereocenters. The van der Waals surface area contributed by atoms with Gasteiger partial charge in [-0.3, -0.25) is 19.5 Å². The molecule has 1 N–H and O–H groups in total. The molecule has 3 heterocycles. The zero-order valence-electron chi connectivity index (χ0n) is 17.9. The van der Waals surface area contributed by atoms with Gasteiger partial charge in [-0.2, -0.15) is 0 Å². The van der Waals surface area contributed by atoms with E-state index in [-0.39, 0.29) is 17.8 Å². The number of aromatic nitrogens is 1. The van der Waals surface area contributed by atoms with Crippen LogP contribution in [0.3, 0.4) is 0 Å². The molecule has 166 valence electrons. The third kappa shape index (κ3) is 3.87. The zero-order valence-corrected chi connectivity index (χ0v) is 17.9. The summed E-state index contributed by atoms with van der Waals surface area (Å²) in [4.78, 5) is 32.2. The van der Waals surface area contributed by atoms with E-state index in [1.807, 2.05) is 6.07 Å². The van der Waals surface area contributed by atoms with Crippen molar-refractivity contribution in [3.8, 4) is 17.2 Å². The minimum Gasteiger partial charge on any atom is -0.496 e. The predicted octanol–water partition coefficient (Wildman–Crippen LogP) is 3.25. The highest BCUT2D eigenvalue weighted by atomic mass is 16.6. The fourth-order valence-electron chi connectivity index (χ4n) is 3.87. The quantitative estimate of drug-likeness (QED) is 0.585. The Kier molecular flexibility index (Phi) is 5.40. The lowest BCUT2D eigenvalue weighted by molar-refractivity contribution is -0.137. The van der Waals surface area contributed by atoms with Gasteiger partial charge in [0.15, 0.2) is 11.5 Å². The van der Waals surface area contributed by atoms with Gasteiger partial charge in [0.2, 0.25) is 0 Å². The van der Waals surface area contributed by atoms with Crippen molar-refractivity contribution in [1.82, 2.24) is 9.88 Å². The van der Waals surface area contributed by atoms with E-state index in [4.69, 9.17) is 14.2 Å². The highest BCUT2D eigenvalue weighted by Crippen LogP contribution is 2.38. The first-order valence-corrected chi connectivity index (χ1v) is 10.4. The first-order valence-electron chi connectivity index (χ1n) is 10.4. The van der Waals surface area contributed by atoms with Crippen molar-refractivity contribution >= 4 is 23.1 Å². The highest BCUT2D eigenvalue weighted by molar-refractivity contribution is 6.36. The van der Waals surface area contributed by atoms with Gasteiger partial charge in [0.05, 0.1) is 19.2 Å². The van der Waals surface area contributed by atoms with Gasteiger partial charge in [0.1, 0.15) is 24.7 Å². The van der Waals surface area contributed by atoms with E-state index in [0.29, 0.717) is 41.7 Å². The summed E-state index contributed by atoms with van der Waals surface area (Å²) in [6.07, 6.45) is 3.26. The Morgan fingerprint density at radius 3 is 2.52 bits per heavy atom. The number of para-hydroxylation sites is 1. The van der Waals surface area contributed by atoms with Crippen LogP contribution in [-0.4, -0.2) is 42.0 Å². The van der Waals surface area contributed by atoms with Crippen LogP contribution in [0.5, 0.6) is 17.2 Å². The fraction of sp³-hybridized carbons (Fsp3) is 0.160. The molecule has 3 aromatic rings. The maximum absolute atomic E-state index is 13.5. The van der Waals surface area contributed by atoms with Gasteiger partial charge >= 0.3 is 0 Å². The number of nitrogens with zero attached hydrogens (tertiary/aromatic N) is 2. The van der Waals surface area contributed by atoms with Gasteiger partial charge in [0, 0.05) is 29.7 Å². The summed E-state index contributed by atoms with van der Waals surface area (Å²) >= 11 is 0. The summed E-state index contributed by atoms with van der Waals surface area (Å²) in [6, 6.07) is 16.0. The van der Waals surface area contributed by atoms with Crippen LogP contribution in [-0.2, 0) is 16.1 Å². The van der Waals surface area contributed by atoms with Crippen molar-refractivity contribution in [3.63, 3.8) is 0 Å². The topological polar surface area (TPSA) is 90.0 Å². The molecule has 5 rings (SSSR count). The minimum absolute atomic E-state index is 0.130. The number of ether oxygens (including phenoxy) is 3. The largest absolute Gasteiger partial charge is 0.496 e. The van der Waals surface area contributed by atoms with Crippen LogP contribution >= 0.6 is 0 Å². The van der Waals surface area contributed by atoms with Gasteiger partial charge in [-0.05, 0) is 35.9 Å². The molecule has 2 aromatic carbocycles. The van der Waals surface area contributed by atoms with E-state index < -0.39 is 11.8 Å². The minimum atomic E-state index is -0.424. The second-order valence-corrected chi connectivity index (χ2v) is 7.49. The Hall–Kier alpha value is -4.33. The number of fused-ring (bicyclic) bond motifs is 1. The van der Waals surface area contributed by atoms with Crippen LogP contribution in [0, 0.1) is 0 Å². The van der Waals surface area contributed by atoms with E-state index in [2.05, 4.69) is 10.3 Å². The average Bonchev–Trinajstić information content (AvgIpc) is 3.08.